The molecule has 2 aliphatic rings. The number of carbonyl (C=O) groups is 1. The second kappa shape index (κ2) is 7.50. The van der Waals surface area contributed by atoms with E-state index in [0.29, 0.717) is 19.7 Å². The molecule has 1 saturated heterocycles. The fraction of sp³-hybridized carbons (Fsp3) is 0.435. The van der Waals surface area contributed by atoms with Gasteiger partial charge in [-0.2, -0.15) is 0 Å². The lowest BCUT2D eigenvalue weighted by Crippen LogP contribution is -2.41. The van der Waals surface area contributed by atoms with Crippen LogP contribution in [-0.4, -0.2) is 35.9 Å². The largest absolute Gasteiger partial charge is 0.494 e. The predicted octanol–water partition coefficient (Wildman–Crippen LogP) is 3.68. The Kier molecular flexibility index (Phi) is 5.17. The highest BCUT2D eigenvalue weighted by Crippen LogP contribution is 2.36. The van der Waals surface area contributed by atoms with E-state index in [2.05, 4.69) is 39.8 Å². The van der Waals surface area contributed by atoms with Crippen LogP contribution in [0.5, 0.6) is 0 Å². The van der Waals surface area contributed by atoms with Gasteiger partial charge in [-0.15, -0.1) is 0 Å². The van der Waals surface area contributed by atoms with Gasteiger partial charge in [0.15, 0.2) is 0 Å². The van der Waals surface area contributed by atoms with Crippen LogP contribution in [0, 0.1) is 0 Å². The number of rotatable bonds is 3. The quantitative estimate of drug-likeness (QED) is 0.747. The molecule has 6 heteroatoms. The zero-order valence-corrected chi connectivity index (χ0v) is 17.6. The molecule has 152 valence electrons. The number of nitrogens with zero attached hydrogens (tertiary/aromatic N) is 1. The topological polar surface area (TPSA) is 48.0 Å². The van der Waals surface area contributed by atoms with E-state index in [9.17, 15) is 4.79 Å². The van der Waals surface area contributed by atoms with Crippen LogP contribution < -0.4 is 5.46 Å². The number of ether oxygens (including phenoxy) is 1. The van der Waals surface area contributed by atoms with Crippen molar-refractivity contribution in [3.8, 4) is 0 Å². The first-order chi connectivity index (χ1) is 13.7. The molecule has 29 heavy (non-hydrogen) atoms. The molecule has 0 aliphatic carbocycles. The van der Waals surface area contributed by atoms with Gasteiger partial charge in [0.2, 0.25) is 0 Å². The van der Waals surface area contributed by atoms with E-state index >= 15 is 0 Å². The third-order valence-electron chi connectivity index (χ3n) is 6.23. The highest BCUT2D eigenvalue weighted by molar-refractivity contribution is 6.62. The summed E-state index contributed by atoms with van der Waals surface area (Å²) in [5.41, 5.74) is 3.70. The van der Waals surface area contributed by atoms with Crippen LogP contribution in [0.2, 0.25) is 0 Å². The maximum Gasteiger partial charge on any atom is 0.494 e. The Morgan fingerprint density at radius 3 is 2.41 bits per heavy atom. The minimum absolute atomic E-state index is 0.269. The summed E-state index contributed by atoms with van der Waals surface area (Å²) in [6.45, 7) is 9.74. The SMILES string of the molecule is CC1(C)OB(c2ccc3c(c2)CCN(C(=O)OCc2ccccc2)C3)OC1(C)C. The van der Waals surface area contributed by atoms with Crippen LogP contribution in [0.4, 0.5) is 4.79 Å². The van der Waals surface area contributed by atoms with E-state index in [1.807, 2.05) is 36.4 Å². The highest BCUT2D eigenvalue weighted by Gasteiger charge is 2.51. The molecule has 2 aliphatic heterocycles. The molecule has 2 heterocycles. The number of benzene rings is 2. The average Bonchev–Trinajstić information content (AvgIpc) is 2.93. The standard InChI is InChI=1S/C23H28BNO4/c1-22(2)23(3,4)29-24(28-22)20-11-10-19-15-25(13-12-18(19)14-20)21(26)27-16-17-8-6-5-7-9-17/h5-11,14H,12-13,15-16H2,1-4H3. The Morgan fingerprint density at radius 1 is 1.03 bits per heavy atom. The van der Waals surface area contributed by atoms with E-state index in [0.717, 1.165) is 23.0 Å². The molecular weight excluding hydrogens is 365 g/mol. The molecule has 0 unspecified atom stereocenters. The van der Waals surface area contributed by atoms with Crippen LogP contribution in [0.15, 0.2) is 48.5 Å². The fourth-order valence-corrected chi connectivity index (χ4v) is 3.67. The van der Waals surface area contributed by atoms with Crippen molar-refractivity contribution in [2.75, 3.05) is 6.54 Å². The lowest BCUT2D eigenvalue weighted by Gasteiger charge is -2.32. The number of amides is 1. The molecule has 0 bridgehead atoms. The Hall–Kier alpha value is -2.31. The molecule has 2 aromatic rings. The molecule has 0 saturated carbocycles. The van der Waals surface area contributed by atoms with Crippen molar-refractivity contribution < 1.29 is 18.8 Å². The van der Waals surface area contributed by atoms with E-state index < -0.39 is 0 Å². The fourth-order valence-electron chi connectivity index (χ4n) is 3.67. The summed E-state index contributed by atoms with van der Waals surface area (Å²) < 4.78 is 17.8. The predicted molar refractivity (Wildman–Crippen MR) is 113 cm³/mol. The molecule has 2 aromatic carbocycles. The van der Waals surface area contributed by atoms with Crippen LogP contribution in [0.1, 0.15) is 44.4 Å². The van der Waals surface area contributed by atoms with Crippen LogP contribution in [-0.2, 0) is 33.6 Å². The third kappa shape index (κ3) is 4.05. The summed E-state index contributed by atoms with van der Waals surface area (Å²) in [7, 11) is -0.362. The summed E-state index contributed by atoms with van der Waals surface area (Å²) in [5, 5.41) is 0. The number of fused-ring (bicyclic) bond motifs is 1. The van der Waals surface area contributed by atoms with Gasteiger partial charge in [-0.05, 0) is 56.3 Å². The van der Waals surface area contributed by atoms with Crippen molar-refractivity contribution in [3.05, 3.63) is 65.2 Å². The first-order valence-corrected chi connectivity index (χ1v) is 10.2. The van der Waals surface area contributed by atoms with Crippen LogP contribution >= 0.6 is 0 Å². The Balaban J connectivity index is 1.40. The van der Waals surface area contributed by atoms with E-state index in [1.165, 1.54) is 5.56 Å². The molecular formula is C23H28BNO4. The van der Waals surface area contributed by atoms with Gasteiger partial charge in [-0.3, -0.25) is 0 Å². The van der Waals surface area contributed by atoms with Gasteiger partial charge in [-0.1, -0.05) is 48.5 Å². The van der Waals surface area contributed by atoms with Crippen LogP contribution in [0.3, 0.4) is 0 Å². The second-order valence-electron chi connectivity index (χ2n) is 8.83. The molecule has 0 aromatic heterocycles. The van der Waals surface area contributed by atoms with Crippen molar-refractivity contribution in [2.45, 2.75) is 58.5 Å². The number of hydrogen-bond donors (Lipinski definition) is 0. The average molecular weight is 393 g/mol. The zero-order valence-electron chi connectivity index (χ0n) is 17.6. The summed E-state index contributed by atoms with van der Waals surface area (Å²) in [4.78, 5) is 14.2. The maximum absolute atomic E-state index is 12.5. The minimum Gasteiger partial charge on any atom is -0.445 e. The Labute approximate surface area is 173 Å². The van der Waals surface area contributed by atoms with Gasteiger partial charge < -0.3 is 18.9 Å². The van der Waals surface area contributed by atoms with Gasteiger partial charge in [-0.25, -0.2) is 4.79 Å². The van der Waals surface area contributed by atoms with E-state index in [4.69, 9.17) is 14.0 Å². The lowest BCUT2D eigenvalue weighted by atomic mass is 9.77. The van der Waals surface area contributed by atoms with Crippen LogP contribution in [0.25, 0.3) is 0 Å². The van der Waals surface area contributed by atoms with Gasteiger partial charge >= 0.3 is 13.2 Å². The summed E-state index contributed by atoms with van der Waals surface area (Å²) in [6, 6.07) is 16.0. The molecule has 0 atom stereocenters. The number of carbonyl (C=O) groups excluding carboxylic acids is 1. The summed E-state index contributed by atoms with van der Waals surface area (Å²) in [6.07, 6.45) is 0.526. The van der Waals surface area contributed by atoms with Gasteiger partial charge in [0, 0.05) is 13.1 Å². The van der Waals surface area contributed by atoms with Crippen molar-refractivity contribution in [3.63, 3.8) is 0 Å². The number of hydrogen-bond acceptors (Lipinski definition) is 4. The molecule has 1 fully saturated rings. The highest BCUT2D eigenvalue weighted by atomic mass is 16.7. The summed E-state index contributed by atoms with van der Waals surface area (Å²) >= 11 is 0. The third-order valence-corrected chi connectivity index (χ3v) is 6.23. The molecule has 0 radical (unpaired) electrons. The smallest absolute Gasteiger partial charge is 0.445 e. The molecule has 0 N–H and O–H groups in total. The van der Waals surface area contributed by atoms with Gasteiger partial charge in [0.05, 0.1) is 11.2 Å². The first kappa shape index (κ1) is 20.0. The zero-order chi connectivity index (χ0) is 20.6. The van der Waals surface area contributed by atoms with Gasteiger partial charge in [0.25, 0.3) is 0 Å². The van der Waals surface area contributed by atoms with E-state index in [-0.39, 0.29) is 24.4 Å². The van der Waals surface area contributed by atoms with Crippen molar-refractivity contribution >= 4 is 18.7 Å². The first-order valence-electron chi connectivity index (χ1n) is 10.2. The molecule has 5 nitrogen and oxygen atoms in total. The Bertz CT molecular complexity index is 881. The summed E-state index contributed by atoms with van der Waals surface area (Å²) in [5.74, 6) is 0. The van der Waals surface area contributed by atoms with Crippen molar-refractivity contribution in [1.82, 2.24) is 4.90 Å². The normalized spacial score (nSPS) is 19.7. The minimum atomic E-state index is -0.362. The maximum atomic E-state index is 12.5. The lowest BCUT2D eigenvalue weighted by molar-refractivity contribution is 0.00578. The van der Waals surface area contributed by atoms with E-state index in [1.54, 1.807) is 4.90 Å². The molecule has 4 rings (SSSR count). The van der Waals surface area contributed by atoms with Crippen molar-refractivity contribution in [1.29, 1.82) is 0 Å². The monoisotopic (exact) mass is 393 g/mol. The second-order valence-corrected chi connectivity index (χ2v) is 8.83. The Morgan fingerprint density at radius 2 is 1.72 bits per heavy atom. The molecule has 1 amide bonds. The van der Waals surface area contributed by atoms with Gasteiger partial charge in [0.1, 0.15) is 6.61 Å². The molecule has 0 spiro atoms. The van der Waals surface area contributed by atoms with Crippen molar-refractivity contribution in [2.24, 2.45) is 0 Å².